The Labute approximate surface area is 292 Å². The topological polar surface area (TPSA) is 106 Å². The van der Waals surface area contributed by atoms with Gasteiger partial charge < -0.3 is 26.0 Å². The maximum absolute atomic E-state index is 13.9. The number of alkyl halides is 2. The van der Waals surface area contributed by atoms with Crippen molar-refractivity contribution in [1.82, 2.24) is 15.5 Å². The molecule has 0 bridgehead atoms. The summed E-state index contributed by atoms with van der Waals surface area (Å²) >= 11 is 0. The monoisotopic (exact) mass is 681 g/mol. The molecule has 1 atom stereocenters. The lowest BCUT2D eigenvalue weighted by atomic mass is 9.73. The predicted molar refractivity (Wildman–Crippen MR) is 193 cm³/mol. The summed E-state index contributed by atoms with van der Waals surface area (Å²) < 4.78 is 27.7. The van der Waals surface area contributed by atoms with Crippen molar-refractivity contribution in [3.63, 3.8) is 0 Å². The number of carbonyl (C=O) groups excluding carboxylic acids is 2. The van der Waals surface area contributed by atoms with E-state index in [0.29, 0.717) is 23.4 Å². The van der Waals surface area contributed by atoms with Crippen molar-refractivity contribution < 1.29 is 23.5 Å². The van der Waals surface area contributed by atoms with Crippen molar-refractivity contribution in [2.45, 2.75) is 62.6 Å². The normalized spacial score (nSPS) is 16.2. The van der Waals surface area contributed by atoms with Gasteiger partial charge in [-0.05, 0) is 85.8 Å². The third kappa shape index (κ3) is 8.04. The Morgan fingerprint density at radius 2 is 1.44 bits per heavy atom. The molecule has 4 aromatic carbocycles. The van der Waals surface area contributed by atoms with Gasteiger partial charge in [0.05, 0.1) is 6.54 Å². The number of amides is 3. The lowest BCUT2D eigenvalue weighted by Gasteiger charge is -2.34. The Bertz CT molecular complexity index is 1730. The second-order valence-corrected chi connectivity index (χ2v) is 13.4. The second kappa shape index (κ2) is 15.5. The van der Waals surface area contributed by atoms with E-state index in [4.69, 9.17) is 0 Å². The van der Waals surface area contributed by atoms with Gasteiger partial charge in [-0.1, -0.05) is 91.3 Å². The SMILES string of the molecule is CC(F)(F)CNC(=O)C1(CCCCN2CCC(NC(O)c3ccccc3NC(=O)Nc3ccccc3)CC2)c2ccccc2-c2ccccc21. The van der Waals surface area contributed by atoms with E-state index >= 15 is 0 Å². The molecule has 0 saturated carbocycles. The van der Waals surface area contributed by atoms with E-state index in [-0.39, 0.29) is 18.0 Å². The van der Waals surface area contributed by atoms with Gasteiger partial charge in [-0.3, -0.25) is 10.1 Å². The average Bonchev–Trinajstić information content (AvgIpc) is 3.40. The first kappa shape index (κ1) is 35.2. The molecular formula is C40H45F2N5O3. The number of hydrogen-bond donors (Lipinski definition) is 5. The number of nitrogens with one attached hydrogen (secondary N) is 4. The Hall–Kier alpha value is -4.64. The molecule has 0 spiro atoms. The molecule has 8 nitrogen and oxygen atoms in total. The first-order chi connectivity index (χ1) is 24.1. The lowest BCUT2D eigenvalue weighted by molar-refractivity contribution is -0.127. The summed E-state index contributed by atoms with van der Waals surface area (Å²) in [5, 5.41) is 22.7. The number of halogens is 2. The highest BCUT2D eigenvalue weighted by molar-refractivity contribution is 6.01. The summed E-state index contributed by atoms with van der Waals surface area (Å²) in [5.74, 6) is -3.39. The van der Waals surface area contributed by atoms with Crippen molar-refractivity contribution in [3.05, 3.63) is 120 Å². The van der Waals surface area contributed by atoms with E-state index in [1.54, 1.807) is 24.3 Å². The van der Waals surface area contributed by atoms with Crippen LogP contribution < -0.4 is 21.3 Å². The van der Waals surface area contributed by atoms with Gasteiger partial charge in [0.15, 0.2) is 0 Å². The third-order valence-corrected chi connectivity index (χ3v) is 9.80. The molecule has 4 aromatic rings. The largest absolute Gasteiger partial charge is 0.374 e. The highest BCUT2D eigenvalue weighted by Gasteiger charge is 2.48. The molecule has 1 aliphatic heterocycles. The number of piperidine rings is 1. The van der Waals surface area contributed by atoms with Gasteiger partial charge in [-0.25, -0.2) is 13.6 Å². The number of urea groups is 1. The van der Waals surface area contributed by atoms with E-state index < -0.39 is 24.1 Å². The molecule has 5 N–H and O–H groups in total. The molecule has 1 unspecified atom stereocenters. The van der Waals surface area contributed by atoms with Crippen LogP contribution in [0, 0.1) is 0 Å². The molecule has 1 saturated heterocycles. The van der Waals surface area contributed by atoms with Gasteiger partial charge in [0.2, 0.25) is 5.91 Å². The van der Waals surface area contributed by atoms with Crippen LogP contribution in [0.4, 0.5) is 25.0 Å². The van der Waals surface area contributed by atoms with Crippen LogP contribution in [0.5, 0.6) is 0 Å². The molecule has 1 heterocycles. The third-order valence-electron chi connectivity index (χ3n) is 9.80. The molecule has 262 valence electrons. The van der Waals surface area contributed by atoms with E-state index in [2.05, 4.69) is 26.2 Å². The molecule has 0 aromatic heterocycles. The number of carbonyl (C=O) groups is 2. The van der Waals surface area contributed by atoms with E-state index in [0.717, 1.165) is 74.5 Å². The number of anilines is 2. The quantitative estimate of drug-likeness (QED) is 0.0754. The molecule has 2 aliphatic rings. The summed E-state index contributed by atoms with van der Waals surface area (Å²) in [6, 6.07) is 31.7. The van der Waals surface area contributed by atoms with Crippen LogP contribution in [-0.4, -0.2) is 60.1 Å². The average molecular weight is 682 g/mol. The van der Waals surface area contributed by atoms with Gasteiger partial charge in [0, 0.05) is 29.9 Å². The molecular weight excluding hydrogens is 636 g/mol. The number of benzene rings is 4. The number of nitrogens with zero attached hydrogens (tertiary/aromatic N) is 1. The fourth-order valence-electron chi connectivity index (χ4n) is 7.36. The van der Waals surface area contributed by atoms with Crippen LogP contribution in [-0.2, 0) is 10.2 Å². The van der Waals surface area contributed by atoms with Crippen molar-refractivity contribution >= 4 is 23.3 Å². The highest BCUT2D eigenvalue weighted by Crippen LogP contribution is 2.51. The first-order valence-electron chi connectivity index (χ1n) is 17.4. The van der Waals surface area contributed by atoms with Crippen LogP contribution in [0.15, 0.2) is 103 Å². The standard InChI is InChI=1S/C40H45F2N5O3/c1-39(41,42)27-43-37(49)40(33-18-8-5-15-30(33)31-16-6-9-19-34(31)40)23-11-12-24-47-25-21-29(22-26-47)44-36(48)32-17-7-10-20-35(32)46-38(50)45-28-13-3-2-4-14-28/h2-10,13-20,29,36,44,48H,11-12,21-27H2,1H3,(H,43,49)(H2,45,46,50). The fraction of sp³-hybridized carbons (Fsp3) is 0.350. The minimum atomic E-state index is -3.01. The van der Waals surface area contributed by atoms with Gasteiger partial charge in [0.1, 0.15) is 11.6 Å². The van der Waals surface area contributed by atoms with Gasteiger partial charge in [0.25, 0.3) is 5.92 Å². The zero-order valence-electron chi connectivity index (χ0n) is 28.3. The number of likely N-dealkylation sites (tertiary alicyclic amines) is 1. The minimum Gasteiger partial charge on any atom is -0.374 e. The Morgan fingerprint density at radius 1 is 0.840 bits per heavy atom. The number of aliphatic hydroxyl groups is 1. The Balaban J connectivity index is 1.02. The zero-order chi connectivity index (χ0) is 35.1. The highest BCUT2D eigenvalue weighted by atomic mass is 19.3. The molecule has 10 heteroatoms. The van der Waals surface area contributed by atoms with Crippen LogP contribution in [0.25, 0.3) is 11.1 Å². The first-order valence-corrected chi connectivity index (χ1v) is 17.4. The summed E-state index contributed by atoms with van der Waals surface area (Å²) in [7, 11) is 0. The lowest BCUT2D eigenvalue weighted by Crippen LogP contribution is -2.47. The van der Waals surface area contributed by atoms with Crippen molar-refractivity contribution in [2.24, 2.45) is 0 Å². The van der Waals surface area contributed by atoms with Crippen LogP contribution in [0.2, 0.25) is 0 Å². The van der Waals surface area contributed by atoms with Gasteiger partial charge in [-0.2, -0.15) is 0 Å². The van der Waals surface area contributed by atoms with Gasteiger partial charge in [-0.15, -0.1) is 0 Å². The summed E-state index contributed by atoms with van der Waals surface area (Å²) in [6.07, 6.45) is 2.86. The number of unbranched alkanes of at least 4 members (excludes halogenated alkanes) is 1. The summed E-state index contributed by atoms with van der Waals surface area (Å²) in [6.45, 7) is 2.67. The number of aliphatic hydroxyl groups excluding tert-OH is 1. The van der Waals surface area contributed by atoms with Crippen LogP contribution in [0.3, 0.4) is 0 Å². The minimum absolute atomic E-state index is 0.0996. The molecule has 1 fully saturated rings. The van der Waals surface area contributed by atoms with E-state index in [1.165, 1.54) is 0 Å². The Kier molecular flexibility index (Phi) is 10.9. The smallest absolute Gasteiger partial charge is 0.323 e. The maximum atomic E-state index is 13.9. The second-order valence-electron chi connectivity index (χ2n) is 13.4. The predicted octanol–water partition coefficient (Wildman–Crippen LogP) is 7.28. The van der Waals surface area contributed by atoms with Crippen LogP contribution >= 0.6 is 0 Å². The van der Waals surface area contributed by atoms with Crippen LogP contribution in [0.1, 0.15) is 61.9 Å². The summed E-state index contributed by atoms with van der Waals surface area (Å²) in [4.78, 5) is 28.9. The van der Waals surface area contributed by atoms with Crippen molar-refractivity contribution in [3.8, 4) is 11.1 Å². The Morgan fingerprint density at radius 3 is 2.10 bits per heavy atom. The zero-order valence-corrected chi connectivity index (χ0v) is 28.3. The number of para-hydroxylation sites is 2. The molecule has 6 rings (SSSR count). The van der Waals surface area contributed by atoms with Crippen molar-refractivity contribution in [2.75, 3.05) is 36.8 Å². The molecule has 1 aliphatic carbocycles. The summed E-state index contributed by atoms with van der Waals surface area (Å²) in [5.41, 5.74) is 4.47. The fourth-order valence-corrected chi connectivity index (χ4v) is 7.36. The van der Waals surface area contributed by atoms with E-state index in [9.17, 15) is 23.5 Å². The van der Waals surface area contributed by atoms with E-state index in [1.807, 2.05) is 78.9 Å². The maximum Gasteiger partial charge on any atom is 0.323 e. The van der Waals surface area contributed by atoms with Gasteiger partial charge >= 0.3 is 6.03 Å². The molecule has 50 heavy (non-hydrogen) atoms. The number of fused-ring (bicyclic) bond motifs is 3. The molecule has 3 amide bonds. The van der Waals surface area contributed by atoms with Crippen molar-refractivity contribution in [1.29, 1.82) is 0 Å². The number of rotatable bonds is 13. The molecule has 0 radical (unpaired) electrons. The number of hydrogen-bond acceptors (Lipinski definition) is 5.